The van der Waals surface area contributed by atoms with Crippen molar-refractivity contribution in [3.8, 4) is 17.0 Å². The summed E-state index contributed by atoms with van der Waals surface area (Å²) < 4.78 is 5.19. The lowest BCUT2D eigenvalue weighted by molar-refractivity contribution is -0.120. The van der Waals surface area contributed by atoms with E-state index in [2.05, 4.69) is 20.4 Å². The van der Waals surface area contributed by atoms with Crippen LogP contribution in [0.25, 0.3) is 11.3 Å². The molecular weight excluding hydrogens is 400 g/mol. The molecule has 7 heteroatoms. The third-order valence-corrected chi connectivity index (χ3v) is 5.69. The fraction of sp³-hybridized carbons (Fsp3) is 0.261. The number of aromatic nitrogens is 2. The first-order chi connectivity index (χ1) is 14.6. The van der Waals surface area contributed by atoms with Gasteiger partial charge < -0.3 is 15.0 Å². The predicted octanol–water partition coefficient (Wildman–Crippen LogP) is 4.66. The van der Waals surface area contributed by atoms with Gasteiger partial charge in [-0.3, -0.25) is 4.79 Å². The molecule has 0 radical (unpaired) electrons. The summed E-state index contributed by atoms with van der Waals surface area (Å²) in [5.41, 5.74) is 2.46. The quantitative estimate of drug-likeness (QED) is 0.647. The van der Waals surface area contributed by atoms with Gasteiger partial charge in [0, 0.05) is 24.6 Å². The van der Waals surface area contributed by atoms with E-state index in [4.69, 9.17) is 16.3 Å². The number of carbonyl (C=O) groups is 1. The van der Waals surface area contributed by atoms with Crippen molar-refractivity contribution in [2.45, 2.75) is 12.8 Å². The highest BCUT2D eigenvalue weighted by Crippen LogP contribution is 2.26. The molecular formula is C23H23ClN4O2. The summed E-state index contributed by atoms with van der Waals surface area (Å²) in [6.07, 6.45) is 1.52. The molecule has 0 saturated carbocycles. The second-order valence-corrected chi connectivity index (χ2v) is 7.64. The van der Waals surface area contributed by atoms with Gasteiger partial charge in [-0.25, -0.2) is 0 Å². The number of hydrogen-bond donors (Lipinski definition) is 1. The molecule has 1 saturated heterocycles. The lowest BCUT2D eigenvalue weighted by atomic mass is 9.95. The first-order valence-corrected chi connectivity index (χ1v) is 10.3. The molecule has 1 aliphatic rings. The number of anilines is 2. The number of nitrogens with one attached hydrogen (secondary N) is 1. The molecule has 2 aromatic carbocycles. The first-order valence-electron chi connectivity index (χ1n) is 9.92. The van der Waals surface area contributed by atoms with E-state index < -0.39 is 0 Å². The number of carbonyl (C=O) groups excluding carboxylic acids is 1. The molecule has 2 heterocycles. The smallest absolute Gasteiger partial charge is 0.227 e. The van der Waals surface area contributed by atoms with Gasteiger partial charge in [-0.1, -0.05) is 23.7 Å². The summed E-state index contributed by atoms with van der Waals surface area (Å²) in [6.45, 7) is 1.52. The zero-order chi connectivity index (χ0) is 20.9. The van der Waals surface area contributed by atoms with Crippen LogP contribution in [0.2, 0.25) is 5.02 Å². The molecule has 0 spiro atoms. The number of benzene rings is 2. The molecule has 4 rings (SSSR count). The molecule has 0 bridgehead atoms. The largest absolute Gasteiger partial charge is 0.497 e. The van der Waals surface area contributed by atoms with Gasteiger partial charge >= 0.3 is 0 Å². The maximum absolute atomic E-state index is 12.6. The summed E-state index contributed by atoms with van der Waals surface area (Å²) in [5, 5.41) is 12.3. The maximum atomic E-state index is 12.6. The van der Waals surface area contributed by atoms with E-state index in [-0.39, 0.29) is 11.8 Å². The fourth-order valence-electron chi connectivity index (χ4n) is 3.58. The molecule has 154 valence electrons. The number of nitrogens with zero attached hydrogens (tertiary/aromatic N) is 3. The average Bonchev–Trinajstić information content (AvgIpc) is 2.81. The van der Waals surface area contributed by atoms with Crippen molar-refractivity contribution in [3.63, 3.8) is 0 Å². The van der Waals surface area contributed by atoms with Gasteiger partial charge in [0.15, 0.2) is 5.82 Å². The highest BCUT2D eigenvalue weighted by Gasteiger charge is 2.26. The van der Waals surface area contributed by atoms with Gasteiger partial charge in [0.25, 0.3) is 0 Å². The second-order valence-electron chi connectivity index (χ2n) is 7.24. The summed E-state index contributed by atoms with van der Waals surface area (Å²) >= 11 is 6.14. The summed E-state index contributed by atoms with van der Waals surface area (Å²) in [4.78, 5) is 14.8. The van der Waals surface area contributed by atoms with Gasteiger partial charge in [0.2, 0.25) is 5.91 Å². The minimum Gasteiger partial charge on any atom is -0.497 e. The average molecular weight is 423 g/mol. The Bertz CT molecular complexity index is 1000. The lowest BCUT2D eigenvalue weighted by Gasteiger charge is -2.31. The van der Waals surface area contributed by atoms with Gasteiger partial charge in [-0.2, -0.15) is 0 Å². The van der Waals surface area contributed by atoms with Crippen LogP contribution in [0.15, 0.2) is 60.7 Å². The first kappa shape index (κ1) is 20.2. The number of methoxy groups -OCH3 is 1. The molecule has 1 aromatic heterocycles. The summed E-state index contributed by atoms with van der Waals surface area (Å²) in [6, 6.07) is 19.0. The van der Waals surface area contributed by atoms with Crippen molar-refractivity contribution in [2.24, 2.45) is 5.92 Å². The Morgan fingerprint density at radius 1 is 1.03 bits per heavy atom. The molecule has 30 heavy (non-hydrogen) atoms. The number of para-hydroxylation sites is 1. The van der Waals surface area contributed by atoms with E-state index in [1.54, 1.807) is 13.2 Å². The number of ether oxygens (including phenoxy) is 1. The molecule has 0 unspecified atom stereocenters. The molecule has 3 aromatic rings. The van der Waals surface area contributed by atoms with Crippen LogP contribution < -0.4 is 15.0 Å². The molecule has 1 amide bonds. The van der Waals surface area contributed by atoms with E-state index in [9.17, 15) is 4.79 Å². The number of halogens is 1. The van der Waals surface area contributed by atoms with Gasteiger partial charge in [-0.05, 0) is 61.4 Å². The topological polar surface area (TPSA) is 67.3 Å². The molecule has 6 nitrogen and oxygen atoms in total. The predicted molar refractivity (Wildman–Crippen MR) is 119 cm³/mol. The number of rotatable bonds is 5. The zero-order valence-electron chi connectivity index (χ0n) is 16.7. The Balaban J connectivity index is 1.34. The molecule has 0 atom stereocenters. The van der Waals surface area contributed by atoms with Crippen molar-refractivity contribution in [1.82, 2.24) is 10.2 Å². The molecule has 1 aliphatic heterocycles. The van der Waals surface area contributed by atoms with E-state index in [1.807, 2.05) is 54.6 Å². The fourth-order valence-corrected chi connectivity index (χ4v) is 3.76. The Hall–Kier alpha value is -3.12. The number of hydrogen-bond acceptors (Lipinski definition) is 5. The third kappa shape index (κ3) is 4.54. The minimum atomic E-state index is -0.0379. The number of amides is 1. The summed E-state index contributed by atoms with van der Waals surface area (Å²) in [5.74, 6) is 1.62. The standard InChI is InChI=1S/C23H23ClN4O2/c1-30-18-8-6-16(7-9-18)20-10-11-22(27-26-20)28-14-12-17(13-15-28)23(29)25-21-5-3-2-4-19(21)24/h2-11,17H,12-15H2,1H3,(H,25,29). The van der Waals surface area contributed by atoms with Crippen molar-refractivity contribution in [1.29, 1.82) is 0 Å². The Kier molecular flexibility index (Phi) is 6.14. The Morgan fingerprint density at radius 2 is 1.77 bits per heavy atom. The van der Waals surface area contributed by atoms with Crippen LogP contribution in [0.4, 0.5) is 11.5 Å². The molecule has 1 fully saturated rings. The highest BCUT2D eigenvalue weighted by atomic mass is 35.5. The van der Waals surface area contributed by atoms with E-state index in [0.717, 1.165) is 48.8 Å². The third-order valence-electron chi connectivity index (χ3n) is 5.36. The summed E-state index contributed by atoms with van der Waals surface area (Å²) in [7, 11) is 1.65. The Morgan fingerprint density at radius 3 is 2.40 bits per heavy atom. The lowest BCUT2D eigenvalue weighted by Crippen LogP contribution is -2.38. The van der Waals surface area contributed by atoms with Crippen LogP contribution >= 0.6 is 11.6 Å². The second kappa shape index (κ2) is 9.13. The van der Waals surface area contributed by atoms with Crippen LogP contribution in [0.3, 0.4) is 0 Å². The van der Waals surface area contributed by atoms with Crippen molar-refractivity contribution < 1.29 is 9.53 Å². The monoisotopic (exact) mass is 422 g/mol. The maximum Gasteiger partial charge on any atom is 0.227 e. The minimum absolute atomic E-state index is 0.0173. The van der Waals surface area contributed by atoms with Crippen molar-refractivity contribution in [2.75, 3.05) is 30.4 Å². The number of piperidine rings is 1. The highest BCUT2D eigenvalue weighted by molar-refractivity contribution is 6.33. The van der Waals surface area contributed by atoms with E-state index >= 15 is 0 Å². The molecule has 0 aliphatic carbocycles. The van der Waals surface area contributed by atoms with Crippen LogP contribution in [0.1, 0.15) is 12.8 Å². The van der Waals surface area contributed by atoms with Crippen molar-refractivity contribution >= 4 is 29.0 Å². The van der Waals surface area contributed by atoms with Gasteiger partial charge in [0.05, 0.1) is 23.5 Å². The zero-order valence-corrected chi connectivity index (χ0v) is 17.5. The normalized spacial score (nSPS) is 14.4. The van der Waals surface area contributed by atoms with Gasteiger partial charge in [0.1, 0.15) is 5.75 Å². The Labute approximate surface area is 180 Å². The van der Waals surface area contributed by atoms with E-state index in [0.29, 0.717) is 10.7 Å². The van der Waals surface area contributed by atoms with E-state index in [1.165, 1.54) is 0 Å². The molecule has 1 N–H and O–H groups in total. The van der Waals surface area contributed by atoms with Crippen molar-refractivity contribution in [3.05, 3.63) is 65.7 Å². The van der Waals surface area contributed by atoms with Crippen LogP contribution in [0, 0.1) is 5.92 Å². The van der Waals surface area contributed by atoms with Crippen LogP contribution in [-0.4, -0.2) is 36.3 Å². The SMILES string of the molecule is COc1ccc(-c2ccc(N3CCC(C(=O)Nc4ccccc4Cl)CC3)nn2)cc1. The van der Waals surface area contributed by atoms with Crippen LogP contribution in [-0.2, 0) is 4.79 Å². The van der Waals surface area contributed by atoms with Gasteiger partial charge in [-0.15, -0.1) is 10.2 Å². The van der Waals surface area contributed by atoms with Crippen LogP contribution in [0.5, 0.6) is 5.75 Å².